The van der Waals surface area contributed by atoms with E-state index in [-0.39, 0.29) is 0 Å². The predicted octanol–water partition coefficient (Wildman–Crippen LogP) is 12.4. The van der Waals surface area contributed by atoms with Crippen LogP contribution in [0.5, 0.6) is 0 Å². The molecule has 0 spiro atoms. The first kappa shape index (κ1) is 29.0. The first-order chi connectivity index (χ1) is 25.3. The molecule has 10 rings (SSSR count). The molecular weight excluding hydrogens is 623 g/mol. The van der Waals surface area contributed by atoms with Gasteiger partial charge in [-0.3, -0.25) is 0 Å². The van der Waals surface area contributed by atoms with E-state index in [0.29, 0.717) is 17.5 Å². The number of furan rings is 1. The number of benzene rings is 8. The van der Waals surface area contributed by atoms with Crippen molar-refractivity contribution in [3.05, 3.63) is 176 Å². The Kier molecular flexibility index (Phi) is 6.78. The lowest BCUT2D eigenvalue weighted by Gasteiger charge is -2.11. The van der Waals surface area contributed by atoms with Gasteiger partial charge in [-0.25, -0.2) is 15.0 Å². The fraction of sp³-hybridized carbons (Fsp3) is 0. The standard InChI is InChI=1S/C47H29N3O/c1-3-14-33(15-4-1)45-48-46(34-16-5-2-6-17-34)50-47(49-45)39-23-12-24-41-44(39)43-38-21-10-9-20-37(38)40(29-42(43)51-41)32-27-25-31(26-28-32)36-22-11-18-30-13-7-8-19-35(30)36/h1-29H. The monoisotopic (exact) mass is 651 g/mol. The Bertz CT molecular complexity index is 2830. The molecule has 51 heavy (non-hydrogen) atoms. The molecule has 4 heteroatoms. The molecule has 238 valence electrons. The van der Waals surface area contributed by atoms with Crippen LogP contribution < -0.4 is 0 Å². The van der Waals surface area contributed by atoms with Crippen molar-refractivity contribution in [1.29, 1.82) is 0 Å². The molecule has 0 aliphatic rings. The highest BCUT2D eigenvalue weighted by Crippen LogP contribution is 2.43. The molecule has 0 saturated carbocycles. The Morgan fingerprint density at radius 3 is 1.55 bits per heavy atom. The lowest BCUT2D eigenvalue weighted by molar-refractivity contribution is 0.669. The van der Waals surface area contributed by atoms with E-state index >= 15 is 0 Å². The molecule has 0 amide bonds. The molecule has 0 bridgehead atoms. The van der Waals surface area contributed by atoms with E-state index in [0.717, 1.165) is 60.5 Å². The van der Waals surface area contributed by atoms with E-state index in [2.05, 4.69) is 103 Å². The van der Waals surface area contributed by atoms with Crippen molar-refractivity contribution >= 4 is 43.5 Å². The van der Waals surface area contributed by atoms with Gasteiger partial charge in [0.2, 0.25) is 0 Å². The third-order valence-corrected chi connectivity index (χ3v) is 9.74. The van der Waals surface area contributed by atoms with E-state index < -0.39 is 0 Å². The van der Waals surface area contributed by atoms with Gasteiger partial charge < -0.3 is 4.42 Å². The van der Waals surface area contributed by atoms with Gasteiger partial charge in [-0.1, -0.05) is 164 Å². The number of nitrogens with zero attached hydrogens (tertiary/aromatic N) is 3. The number of rotatable bonds is 5. The predicted molar refractivity (Wildman–Crippen MR) is 209 cm³/mol. The summed E-state index contributed by atoms with van der Waals surface area (Å²) in [5, 5.41) is 6.81. The van der Waals surface area contributed by atoms with Crippen LogP contribution in [0.2, 0.25) is 0 Å². The van der Waals surface area contributed by atoms with E-state index in [9.17, 15) is 0 Å². The Hall–Kier alpha value is -6.91. The molecule has 0 aliphatic heterocycles. The van der Waals surface area contributed by atoms with Gasteiger partial charge in [-0.2, -0.15) is 0 Å². The van der Waals surface area contributed by atoms with Crippen LogP contribution in [0.3, 0.4) is 0 Å². The average Bonchev–Trinajstić information content (AvgIpc) is 3.60. The molecule has 0 unspecified atom stereocenters. The summed E-state index contributed by atoms with van der Waals surface area (Å²) in [5.41, 5.74) is 9.07. The summed E-state index contributed by atoms with van der Waals surface area (Å²) in [6.45, 7) is 0. The Labute approximate surface area is 294 Å². The highest BCUT2D eigenvalue weighted by Gasteiger charge is 2.21. The minimum atomic E-state index is 0.605. The zero-order valence-electron chi connectivity index (χ0n) is 27.5. The number of aromatic nitrogens is 3. The van der Waals surface area contributed by atoms with Crippen molar-refractivity contribution in [1.82, 2.24) is 15.0 Å². The van der Waals surface area contributed by atoms with Gasteiger partial charge >= 0.3 is 0 Å². The lowest BCUT2D eigenvalue weighted by atomic mass is 9.92. The van der Waals surface area contributed by atoms with E-state index in [1.165, 1.54) is 21.9 Å². The van der Waals surface area contributed by atoms with Gasteiger partial charge in [0.1, 0.15) is 11.2 Å². The van der Waals surface area contributed by atoms with Crippen molar-refractivity contribution in [2.24, 2.45) is 0 Å². The molecule has 4 nitrogen and oxygen atoms in total. The molecule has 0 saturated heterocycles. The van der Waals surface area contributed by atoms with Crippen LogP contribution in [0.15, 0.2) is 180 Å². The molecule has 0 atom stereocenters. The smallest absolute Gasteiger partial charge is 0.164 e. The van der Waals surface area contributed by atoms with Gasteiger partial charge in [0.05, 0.1) is 0 Å². The van der Waals surface area contributed by atoms with E-state index in [4.69, 9.17) is 19.4 Å². The van der Waals surface area contributed by atoms with E-state index in [1.54, 1.807) is 0 Å². The molecule has 2 aromatic heterocycles. The highest BCUT2D eigenvalue weighted by molar-refractivity contribution is 6.25. The third kappa shape index (κ3) is 4.96. The number of hydrogen-bond donors (Lipinski definition) is 0. The first-order valence-electron chi connectivity index (χ1n) is 17.1. The van der Waals surface area contributed by atoms with Gasteiger partial charge in [-0.05, 0) is 55.9 Å². The number of fused-ring (bicyclic) bond motifs is 6. The van der Waals surface area contributed by atoms with Crippen LogP contribution in [0.4, 0.5) is 0 Å². The molecule has 0 aliphatic carbocycles. The van der Waals surface area contributed by atoms with Gasteiger partial charge in [0.15, 0.2) is 17.5 Å². The zero-order valence-corrected chi connectivity index (χ0v) is 27.5. The van der Waals surface area contributed by atoms with Crippen LogP contribution in [0.1, 0.15) is 0 Å². The normalized spacial score (nSPS) is 11.5. The van der Waals surface area contributed by atoms with Crippen LogP contribution in [-0.2, 0) is 0 Å². The van der Waals surface area contributed by atoms with Gasteiger partial charge in [-0.15, -0.1) is 0 Å². The fourth-order valence-corrected chi connectivity index (χ4v) is 7.34. The summed E-state index contributed by atoms with van der Waals surface area (Å²) in [5.74, 6) is 1.86. The third-order valence-electron chi connectivity index (χ3n) is 9.74. The van der Waals surface area contributed by atoms with Crippen molar-refractivity contribution < 1.29 is 4.42 Å². The Morgan fingerprint density at radius 2 is 0.843 bits per heavy atom. The Balaban J connectivity index is 1.16. The maximum Gasteiger partial charge on any atom is 0.164 e. The number of hydrogen-bond acceptors (Lipinski definition) is 4. The van der Waals surface area contributed by atoms with Crippen molar-refractivity contribution in [3.63, 3.8) is 0 Å². The lowest BCUT2D eigenvalue weighted by Crippen LogP contribution is -2.00. The second kappa shape index (κ2) is 11.9. The molecule has 8 aromatic carbocycles. The second-order valence-corrected chi connectivity index (χ2v) is 12.8. The van der Waals surface area contributed by atoms with Crippen LogP contribution >= 0.6 is 0 Å². The van der Waals surface area contributed by atoms with E-state index in [1.807, 2.05) is 72.8 Å². The molecular formula is C47H29N3O. The van der Waals surface area contributed by atoms with Gasteiger partial charge in [0.25, 0.3) is 0 Å². The molecule has 10 aromatic rings. The summed E-state index contributed by atoms with van der Waals surface area (Å²) < 4.78 is 6.68. The molecule has 2 heterocycles. The Morgan fingerprint density at radius 1 is 0.314 bits per heavy atom. The largest absolute Gasteiger partial charge is 0.456 e. The quantitative estimate of drug-likeness (QED) is 0.186. The van der Waals surface area contributed by atoms with Crippen molar-refractivity contribution in [2.45, 2.75) is 0 Å². The topological polar surface area (TPSA) is 51.8 Å². The molecule has 0 fully saturated rings. The molecule has 0 radical (unpaired) electrons. The molecule has 0 N–H and O–H groups in total. The SMILES string of the molecule is c1ccc(-c2nc(-c3ccccc3)nc(-c3cccc4oc5cc(-c6ccc(-c7cccc8ccccc78)cc6)c6ccccc6c5c34)n2)cc1. The van der Waals surface area contributed by atoms with Crippen molar-refractivity contribution in [2.75, 3.05) is 0 Å². The minimum Gasteiger partial charge on any atom is -0.456 e. The maximum absolute atomic E-state index is 6.68. The van der Waals surface area contributed by atoms with Crippen LogP contribution in [-0.4, -0.2) is 15.0 Å². The van der Waals surface area contributed by atoms with Crippen LogP contribution in [0, 0.1) is 0 Å². The maximum atomic E-state index is 6.68. The summed E-state index contributed by atoms with van der Waals surface area (Å²) in [6, 6.07) is 61.0. The highest BCUT2D eigenvalue weighted by atomic mass is 16.3. The van der Waals surface area contributed by atoms with Gasteiger partial charge in [0, 0.05) is 27.5 Å². The average molecular weight is 652 g/mol. The second-order valence-electron chi connectivity index (χ2n) is 12.8. The fourth-order valence-electron chi connectivity index (χ4n) is 7.34. The first-order valence-corrected chi connectivity index (χ1v) is 17.1. The van der Waals surface area contributed by atoms with Crippen molar-refractivity contribution in [3.8, 4) is 56.4 Å². The summed E-state index contributed by atoms with van der Waals surface area (Å²) >= 11 is 0. The summed E-state index contributed by atoms with van der Waals surface area (Å²) in [7, 11) is 0. The summed E-state index contributed by atoms with van der Waals surface area (Å²) in [4.78, 5) is 15.1. The van der Waals surface area contributed by atoms with Crippen LogP contribution in [0.25, 0.3) is 99.9 Å². The zero-order chi connectivity index (χ0) is 33.7. The summed E-state index contributed by atoms with van der Waals surface area (Å²) in [6.07, 6.45) is 0. The minimum absolute atomic E-state index is 0.605.